The van der Waals surface area contributed by atoms with Gasteiger partial charge in [0.25, 0.3) is 0 Å². The van der Waals surface area contributed by atoms with Crippen molar-refractivity contribution < 1.29 is 13.2 Å². The summed E-state index contributed by atoms with van der Waals surface area (Å²) in [7, 11) is 0. The third-order valence-corrected chi connectivity index (χ3v) is 3.44. The molecule has 0 atom stereocenters. The van der Waals surface area contributed by atoms with Crippen LogP contribution in [-0.2, 0) is 18.5 Å². The molecule has 0 amide bonds. The predicted octanol–water partition coefficient (Wildman–Crippen LogP) is 2.79. The third-order valence-electron chi connectivity index (χ3n) is 3.44. The van der Waals surface area contributed by atoms with Gasteiger partial charge in [0.1, 0.15) is 12.4 Å². The van der Waals surface area contributed by atoms with Gasteiger partial charge in [0.15, 0.2) is 11.5 Å². The highest BCUT2D eigenvalue weighted by Crippen LogP contribution is 2.21. The molecule has 0 fully saturated rings. The van der Waals surface area contributed by atoms with Gasteiger partial charge in [-0.3, -0.25) is 4.68 Å². The lowest BCUT2D eigenvalue weighted by Gasteiger charge is -2.15. The molecule has 0 radical (unpaired) electrons. The van der Waals surface area contributed by atoms with Crippen LogP contribution in [0.15, 0.2) is 24.5 Å². The number of nitrogens with one attached hydrogen (secondary N) is 1. The Morgan fingerprint density at radius 3 is 2.56 bits per heavy atom. The van der Waals surface area contributed by atoms with Gasteiger partial charge < -0.3 is 5.32 Å². The molecule has 0 bridgehead atoms. The summed E-state index contributed by atoms with van der Waals surface area (Å²) < 4.78 is 39.6. The Morgan fingerprint density at radius 1 is 1.12 bits per heavy atom. The summed E-state index contributed by atoms with van der Waals surface area (Å²) in [5.41, 5.74) is 1.04. The smallest absolute Gasteiger partial charge is 0.364 e. The minimum atomic E-state index is -4.29. The highest BCUT2D eigenvalue weighted by Gasteiger charge is 2.28. The van der Waals surface area contributed by atoms with E-state index in [1.807, 2.05) is 20.8 Å². The molecule has 0 aromatic carbocycles. The number of halogens is 3. The van der Waals surface area contributed by atoms with Gasteiger partial charge in [0.2, 0.25) is 0 Å². The Hall–Kier alpha value is -2.65. The molecule has 0 aliphatic rings. The quantitative estimate of drug-likeness (QED) is 0.781. The van der Waals surface area contributed by atoms with Crippen LogP contribution in [0.4, 0.5) is 19.0 Å². The van der Waals surface area contributed by atoms with E-state index in [-0.39, 0.29) is 5.41 Å². The standard InChI is InChI=1S/C15H18F3N7/c1-14(2,3)13-22-21-12-5-4-11(23-25(12)13)19-6-10-7-20-24(8-10)9-15(16,17)18/h4-5,7-8H,6,9H2,1-3H3,(H,19,23). The molecule has 0 saturated carbocycles. The Morgan fingerprint density at radius 2 is 1.88 bits per heavy atom. The number of aromatic nitrogens is 6. The molecule has 0 aliphatic carbocycles. The van der Waals surface area contributed by atoms with Crippen LogP contribution in [0.3, 0.4) is 0 Å². The van der Waals surface area contributed by atoms with Gasteiger partial charge in [0, 0.05) is 23.7 Å². The number of hydrogen-bond donors (Lipinski definition) is 1. The van der Waals surface area contributed by atoms with E-state index in [9.17, 15) is 13.2 Å². The van der Waals surface area contributed by atoms with E-state index < -0.39 is 12.7 Å². The Bertz CT molecular complexity index is 873. The van der Waals surface area contributed by atoms with Crippen molar-refractivity contribution in [1.82, 2.24) is 29.6 Å². The van der Waals surface area contributed by atoms with Crippen molar-refractivity contribution in [3.05, 3.63) is 35.9 Å². The minimum Gasteiger partial charge on any atom is -0.364 e. The second-order valence-electron chi connectivity index (χ2n) is 6.78. The first-order chi connectivity index (χ1) is 11.6. The van der Waals surface area contributed by atoms with Crippen LogP contribution in [0.5, 0.6) is 0 Å². The van der Waals surface area contributed by atoms with E-state index in [2.05, 4.69) is 25.7 Å². The zero-order chi connectivity index (χ0) is 18.2. The first-order valence-electron chi connectivity index (χ1n) is 7.67. The van der Waals surface area contributed by atoms with Crippen LogP contribution in [0.1, 0.15) is 32.2 Å². The van der Waals surface area contributed by atoms with Crippen molar-refractivity contribution in [2.75, 3.05) is 5.32 Å². The molecule has 0 aliphatic heterocycles. The molecule has 3 aromatic heterocycles. The van der Waals surface area contributed by atoms with Crippen molar-refractivity contribution in [1.29, 1.82) is 0 Å². The highest BCUT2D eigenvalue weighted by molar-refractivity contribution is 5.44. The predicted molar refractivity (Wildman–Crippen MR) is 85.1 cm³/mol. The normalized spacial score (nSPS) is 12.7. The second-order valence-corrected chi connectivity index (χ2v) is 6.78. The lowest BCUT2D eigenvalue weighted by molar-refractivity contribution is -0.142. The Kier molecular flexibility index (Phi) is 4.13. The van der Waals surface area contributed by atoms with E-state index in [1.54, 1.807) is 16.6 Å². The number of anilines is 1. The fourth-order valence-corrected chi connectivity index (χ4v) is 2.31. The van der Waals surface area contributed by atoms with Crippen LogP contribution >= 0.6 is 0 Å². The maximum absolute atomic E-state index is 12.4. The van der Waals surface area contributed by atoms with E-state index in [4.69, 9.17) is 0 Å². The van der Waals surface area contributed by atoms with Crippen molar-refractivity contribution in [3.8, 4) is 0 Å². The van der Waals surface area contributed by atoms with Gasteiger partial charge in [-0.1, -0.05) is 20.8 Å². The van der Waals surface area contributed by atoms with E-state index in [1.165, 1.54) is 12.4 Å². The van der Waals surface area contributed by atoms with Crippen LogP contribution in [0, 0.1) is 0 Å². The summed E-state index contributed by atoms with van der Waals surface area (Å²) in [5.74, 6) is 1.30. The molecular weight excluding hydrogens is 335 g/mol. The van der Waals surface area contributed by atoms with Crippen molar-refractivity contribution >= 4 is 11.5 Å². The van der Waals surface area contributed by atoms with E-state index in [0.29, 0.717) is 23.6 Å². The maximum Gasteiger partial charge on any atom is 0.408 e. The monoisotopic (exact) mass is 353 g/mol. The molecular formula is C15H18F3N7. The zero-order valence-electron chi connectivity index (χ0n) is 14.0. The second kappa shape index (κ2) is 6.01. The number of hydrogen-bond acceptors (Lipinski definition) is 5. The van der Waals surface area contributed by atoms with Crippen LogP contribution < -0.4 is 5.32 Å². The molecule has 0 saturated heterocycles. The molecule has 0 spiro atoms. The molecule has 10 heteroatoms. The molecule has 134 valence electrons. The van der Waals surface area contributed by atoms with Crippen molar-refractivity contribution in [2.45, 2.75) is 45.5 Å². The molecule has 25 heavy (non-hydrogen) atoms. The van der Waals surface area contributed by atoms with Gasteiger partial charge in [-0.05, 0) is 12.1 Å². The minimum absolute atomic E-state index is 0.218. The molecule has 3 rings (SSSR count). The summed E-state index contributed by atoms with van der Waals surface area (Å²) in [6.45, 7) is 5.25. The van der Waals surface area contributed by atoms with Gasteiger partial charge in [0.05, 0.1) is 6.20 Å². The van der Waals surface area contributed by atoms with E-state index >= 15 is 0 Å². The average molecular weight is 353 g/mol. The number of fused-ring (bicyclic) bond motifs is 1. The molecule has 3 heterocycles. The summed E-state index contributed by atoms with van der Waals surface area (Å²) in [6.07, 6.45) is -1.53. The Balaban J connectivity index is 1.73. The van der Waals surface area contributed by atoms with Crippen LogP contribution in [-0.4, -0.2) is 35.8 Å². The summed E-state index contributed by atoms with van der Waals surface area (Å²) in [6, 6.07) is 3.53. The van der Waals surface area contributed by atoms with Crippen LogP contribution in [0.25, 0.3) is 5.65 Å². The topological polar surface area (TPSA) is 72.9 Å². The van der Waals surface area contributed by atoms with Crippen molar-refractivity contribution in [2.24, 2.45) is 0 Å². The van der Waals surface area contributed by atoms with Crippen molar-refractivity contribution in [3.63, 3.8) is 0 Å². The maximum atomic E-state index is 12.4. The molecule has 0 unspecified atom stereocenters. The lowest BCUT2D eigenvalue weighted by atomic mass is 9.96. The first kappa shape index (κ1) is 17.2. The zero-order valence-corrected chi connectivity index (χ0v) is 14.0. The largest absolute Gasteiger partial charge is 0.408 e. The van der Waals surface area contributed by atoms with Gasteiger partial charge in [-0.25, -0.2) is 0 Å². The highest BCUT2D eigenvalue weighted by atomic mass is 19.4. The first-order valence-corrected chi connectivity index (χ1v) is 7.67. The number of nitrogens with zero attached hydrogens (tertiary/aromatic N) is 6. The fraction of sp³-hybridized carbons (Fsp3) is 0.467. The summed E-state index contributed by atoms with van der Waals surface area (Å²) in [4.78, 5) is 0. The Labute approximate surface area is 141 Å². The molecule has 7 nitrogen and oxygen atoms in total. The molecule has 3 aromatic rings. The van der Waals surface area contributed by atoms with Gasteiger partial charge >= 0.3 is 6.18 Å². The van der Waals surface area contributed by atoms with Gasteiger partial charge in [-0.2, -0.15) is 22.8 Å². The van der Waals surface area contributed by atoms with Gasteiger partial charge in [-0.15, -0.1) is 15.3 Å². The lowest BCUT2D eigenvalue weighted by Crippen LogP contribution is -2.18. The average Bonchev–Trinajstić information content (AvgIpc) is 3.08. The molecule has 1 N–H and O–H groups in total. The summed E-state index contributed by atoms with van der Waals surface area (Å²) in [5, 5.41) is 19.5. The SMILES string of the molecule is CC(C)(C)c1nnc2ccc(NCc3cnn(CC(F)(F)F)c3)nn12. The summed E-state index contributed by atoms with van der Waals surface area (Å²) >= 11 is 0. The number of alkyl halides is 3. The third kappa shape index (κ3) is 4.06. The number of rotatable bonds is 4. The van der Waals surface area contributed by atoms with Crippen LogP contribution in [0.2, 0.25) is 0 Å². The fourth-order valence-electron chi connectivity index (χ4n) is 2.31. The van der Waals surface area contributed by atoms with E-state index in [0.717, 1.165) is 10.5 Å².